The third-order valence-electron chi connectivity index (χ3n) is 3.20. The Balaban J connectivity index is 2.03. The van der Waals surface area contributed by atoms with E-state index in [1.165, 1.54) is 24.8 Å². The van der Waals surface area contributed by atoms with E-state index in [1.54, 1.807) is 0 Å². The topological polar surface area (TPSA) is 24.9 Å². The second kappa shape index (κ2) is 4.52. The van der Waals surface area contributed by atoms with Crippen LogP contribution in [-0.4, -0.2) is 11.0 Å². The van der Waals surface area contributed by atoms with Gasteiger partial charge < -0.3 is 5.32 Å². The maximum Gasteiger partial charge on any atom is 0.140 e. The Kier molecular flexibility index (Phi) is 3.29. The van der Waals surface area contributed by atoms with Gasteiger partial charge in [-0.05, 0) is 60.2 Å². The van der Waals surface area contributed by atoms with E-state index in [0.29, 0.717) is 6.04 Å². The molecule has 1 heterocycles. The molecule has 1 saturated carbocycles. The van der Waals surface area contributed by atoms with Crippen molar-refractivity contribution in [1.82, 2.24) is 4.98 Å². The first-order chi connectivity index (χ1) is 7.16. The standard InChI is InChI=1S/C12H17BrN2/c1-8-6-11(13)12(14-7-8)15-9(2)10-4-3-5-10/h6-7,9-10H,3-5H2,1-2H3,(H,14,15). The maximum absolute atomic E-state index is 4.40. The van der Waals surface area contributed by atoms with E-state index in [4.69, 9.17) is 0 Å². The van der Waals surface area contributed by atoms with Gasteiger partial charge in [-0.2, -0.15) is 0 Å². The number of nitrogens with zero attached hydrogens (tertiary/aromatic N) is 1. The monoisotopic (exact) mass is 268 g/mol. The molecule has 1 unspecified atom stereocenters. The lowest BCUT2D eigenvalue weighted by molar-refractivity contribution is 0.285. The van der Waals surface area contributed by atoms with Gasteiger partial charge in [-0.3, -0.25) is 0 Å². The van der Waals surface area contributed by atoms with Crippen LogP contribution >= 0.6 is 15.9 Å². The molecule has 0 aromatic carbocycles. The Morgan fingerprint density at radius 2 is 2.27 bits per heavy atom. The van der Waals surface area contributed by atoms with E-state index >= 15 is 0 Å². The van der Waals surface area contributed by atoms with Crippen molar-refractivity contribution in [3.8, 4) is 0 Å². The molecule has 1 fully saturated rings. The molecular weight excluding hydrogens is 252 g/mol. The molecule has 82 valence electrons. The summed E-state index contributed by atoms with van der Waals surface area (Å²) in [5.74, 6) is 1.81. The van der Waals surface area contributed by atoms with Crippen molar-refractivity contribution in [2.75, 3.05) is 5.32 Å². The quantitative estimate of drug-likeness (QED) is 0.903. The predicted molar refractivity (Wildman–Crippen MR) is 67.1 cm³/mol. The number of pyridine rings is 1. The number of hydrogen-bond acceptors (Lipinski definition) is 2. The Labute approximate surface area is 99.6 Å². The fraction of sp³-hybridized carbons (Fsp3) is 0.583. The van der Waals surface area contributed by atoms with Gasteiger partial charge in [0.1, 0.15) is 5.82 Å². The first-order valence-corrected chi connectivity index (χ1v) is 6.35. The van der Waals surface area contributed by atoms with Gasteiger partial charge in [-0.25, -0.2) is 4.98 Å². The normalized spacial score (nSPS) is 18.3. The van der Waals surface area contributed by atoms with Crippen molar-refractivity contribution in [2.24, 2.45) is 5.92 Å². The van der Waals surface area contributed by atoms with Crippen LogP contribution in [0.5, 0.6) is 0 Å². The molecule has 0 bridgehead atoms. The van der Waals surface area contributed by atoms with Crippen LogP contribution in [0.2, 0.25) is 0 Å². The van der Waals surface area contributed by atoms with Crippen LogP contribution in [0.1, 0.15) is 31.7 Å². The van der Waals surface area contributed by atoms with Crippen LogP contribution in [0.15, 0.2) is 16.7 Å². The van der Waals surface area contributed by atoms with Crippen molar-refractivity contribution in [3.63, 3.8) is 0 Å². The highest BCUT2D eigenvalue weighted by atomic mass is 79.9. The molecule has 15 heavy (non-hydrogen) atoms. The van der Waals surface area contributed by atoms with Gasteiger partial charge in [-0.15, -0.1) is 0 Å². The van der Waals surface area contributed by atoms with Gasteiger partial charge in [0, 0.05) is 12.2 Å². The van der Waals surface area contributed by atoms with Gasteiger partial charge in [0.2, 0.25) is 0 Å². The fourth-order valence-electron chi connectivity index (χ4n) is 1.91. The Morgan fingerprint density at radius 1 is 1.53 bits per heavy atom. The number of aryl methyl sites for hydroxylation is 1. The van der Waals surface area contributed by atoms with E-state index in [1.807, 2.05) is 6.20 Å². The second-order valence-corrected chi connectivity index (χ2v) is 5.32. The minimum absolute atomic E-state index is 0.533. The van der Waals surface area contributed by atoms with Crippen molar-refractivity contribution in [3.05, 3.63) is 22.3 Å². The number of aromatic nitrogens is 1. The third kappa shape index (κ3) is 2.51. The van der Waals surface area contributed by atoms with Gasteiger partial charge in [0.15, 0.2) is 0 Å². The van der Waals surface area contributed by atoms with Crippen LogP contribution in [0.3, 0.4) is 0 Å². The van der Waals surface area contributed by atoms with Crippen molar-refractivity contribution < 1.29 is 0 Å². The summed E-state index contributed by atoms with van der Waals surface area (Å²) >= 11 is 3.54. The molecule has 2 rings (SSSR count). The van der Waals surface area contributed by atoms with Crippen LogP contribution in [-0.2, 0) is 0 Å². The summed E-state index contributed by atoms with van der Waals surface area (Å²) in [7, 11) is 0. The largest absolute Gasteiger partial charge is 0.366 e. The molecule has 0 amide bonds. The Bertz CT molecular complexity index is 347. The lowest BCUT2D eigenvalue weighted by Crippen LogP contribution is -2.31. The average molecular weight is 269 g/mol. The van der Waals surface area contributed by atoms with Gasteiger partial charge in [0.05, 0.1) is 4.47 Å². The Morgan fingerprint density at radius 3 is 2.80 bits per heavy atom. The molecule has 0 saturated heterocycles. The number of nitrogens with one attached hydrogen (secondary N) is 1. The number of rotatable bonds is 3. The van der Waals surface area contributed by atoms with Crippen molar-refractivity contribution in [2.45, 2.75) is 39.2 Å². The average Bonchev–Trinajstić information content (AvgIpc) is 2.07. The van der Waals surface area contributed by atoms with E-state index < -0.39 is 0 Å². The molecule has 0 radical (unpaired) electrons. The smallest absolute Gasteiger partial charge is 0.140 e. The molecule has 3 heteroatoms. The number of anilines is 1. The first kappa shape index (κ1) is 10.9. The van der Waals surface area contributed by atoms with E-state index in [-0.39, 0.29) is 0 Å². The van der Waals surface area contributed by atoms with Crippen LogP contribution < -0.4 is 5.32 Å². The van der Waals surface area contributed by atoms with Crippen LogP contribution in [0, 0.1) is 12.8 Å². The molecule has 1 N–H and O–H groups in total. The minimum Gasteiger partial charge on any atom is -0.366 e. The highest BCUT2D eigenvalue weighted by molar-refractivity contribution is 9.10. The van der Waals surface area contributed by atoms with E-state index in [2.05, 4.69) is 46.1 Å². The molecule has 1 aliphatic rings. The highest BCUT2D eigenvalue weighted by Gasteiger charge is 2.24. The molecule has 1 aromatic rings. The Hall–Kier alpha value is -0.570. The zero-order valence-corrected chi connectivity index (χ0v) is 10.8. The minimum atomic E-state index is 0.533. The third-order valence-corrected chi connectivity index (χ3v) is 3.80. The highest BCUT2D eigenvalue weighted by Crippen LogP contribution is 2.32. The molecule has 0 spiro atoms. The zero-order chi connectivity index (χ0) is 10.8. The summed E-state index contributed by atoms with van der Waals surface area (Å²) in [5, 5.41) is 3.48. The summed E-state index contributed by atoms with van der Waals surface area (Å²) in [6.07, 6.45) is 6.01. The van der Waals surface area contributed by atoms with Crippen LogP contribution in [0.4, 0.5) is 5.82 Å². The molecule has 0 aliphatic heterocycles. The van der Waals surface area contributed by atoms with E-state index in [9.17, 15) is 0 Å². The molecular formula is C12H17BrN2. The summed E-state index contributed by atoms with van der Waals surface area (Å²) in [6, 6.07) is 2.63. The molecule has 2 nitrogen and oxygen atoms in total. The van der Waals surface area contributed by atoms with Gasteiger partial charge in [-0.1, -0.05) is 6.42 Å². The lowest BCUT2D eigenvalue weighted by atomic mass is 9.80. The SMILES string of the molecule is Cc1cnc(NC(C)C2CCC2)c(Br)c1. The lowest BCUT2D eigenvalue weighted by Gasteiger charge is -2.32. The summed E-state index contributed by atoms with van der Waals surface area (Å²) in [4.78, 5) is 4.40. The van der Waals surface area contributed by atoms with E-state index in [0.717, 1.165) is 16.2 Å². The van der Waals surface area contributed by atoms with Gasteiger partial charge in [0.25, 0.3) is 0 Å². The fourth-order valence-corrected chi connectivity index (χ4v) is 2.49. The first-order valence-electron chi connectivity index (χ1n) is 5.55. The molecule has 1 aromatic heterocycles. The van der Waals surface area contributed by atoms with Crippen molar-refractivity contribution in [1.29, 1.82) is 0 Å². The zero-order valence-electron chi connectivity index (χ0n) is 9.26. The summed E-state index contributed by atoms with van der Waals surface area (Å²) < 4.78 is 1.06. The van der Waals surface area contributed by atoms with Crippen LogP contribution in [0.25, 0.3) is 0 Å². The maximum atomic E-state index is 4.40. The summed E-state index contributed by atoms with van der Waals surface area (Å²) in [5.41, 5.74) is 1.18. The predicted octanol–water partition coefficient (Wildman–Crippen LogP) is 3.75. The van der Waals surface area contributed by atoms with Gasteiger partial charge >= 0.3 is 0 Å². The number of hydrogen-bond donors (Lipinski definition) is 1. The molecule has 1 atom stereocenters. The number of halogens is 1. The second-order valence-electron chi connectivity index (χ2n) is 4.47. The molecule has 1 aliphatic carbocycles. The van der Waals surface area contributed by atoms with Crippen molar-refractivity contribution >= 4 is 21.7 Å². The summed E-state index contributed by atoms with van der Waals surface area (Å²) in [6.45, 7) is 4.30.